The first kappa shape index (κ1) is 17.5. The molecule has 2 heterocycles. The molecule has 0 fully saturated rings. The largest absolute Gasteiger partial charge is 0.386 e. The van der Waals surface area contributed by atoms with Crippen LogP contribution in [0.2, 0.25) is 0 Å². The number of nitrogens with zero attached hydrogens (tertiary/aromatic N) is 3. The maximum atomic E-state index is 12.7. The van der Waals surface area contributed by atoms with Crippen LogP contribution in [-0.2, 0) is 11.2 Å². The van der Waals surface area contributed by atoms with Crippen LogP contribution in [-0.4, -0.2) is 39.0 Å². The van der Waals surface area contributed by atoms with Crippen molar-refractivity contribution in [3.05, 3.63) is 59.4 Å². The smallest absolute Gasteiger partial charge is 0.227 e. The molecule has 0 saturated heterocycles. The Balaban J connectivity index is 1.69. The number of amides is 1. The monoisotopic (exact) mass is 355 g/mol. The second kappa shape index (κ2) is 8.18. The van der Waals surface area contributed by atoms with Gasteiger partial charge in [-0.3, -0.25) is 9.78 Å². The van der Waals surface area contributed by atoms with Crippen LogP contribution in [0.4, 0.5) is 0 Å². The van der Waals surface area contributed by atoms with Crippen LogP contribution in [0.15, 0.2) is 48.2 Å². The summed E-state index contributed by atoms with van der Waals surface area (Å²) in [6, 6.07) is 9.55. The molecule has 0 aliphatic rings. The van der Waals surface area contributed by atoms with Crippen LogP contribution in [0.3, 0.4) is 0 Å². The minimum absolute atomic E-state index is 0.0133. The van der Waals surface area contributed by atoms with Crippen LogP contribution < -0.4 is 0 Å². The molecule has 3 aromatic rings. The molecule has 5 nitrogen and oxygen atoms in total. The second-order valence-corrected chi connectivity index (χ2v) is 6.86. The van der Waals surface area contributed by atoms with Gasteiger partial charge in [-0.15, -0.1) is 11.3 Å². The van der Waals surface area contributed by atoms with E-state index in [9.17, 15) is 9.90 Å². The van der Waals surface area contributed by atoms with E-state index < -0.39 is 6.10 Å². The fraction of sp³-hybridized carbons (Fsp3) is 0.316. The molecule has 0 unspecified atom stereocenters. The van der Waals surface area contributed by atoms with Crippen LogP contribution in [0.5, 0.6) is 0 Å². The quantitative estimate of drug-likeness (QED) is 0.707. The zero-order valence-electron chi connectivity index (χ0n) is 14.1. The van der Waals surface area contributed by atoms with Crippen LogP contribution >= 0.6 is 11.3 Å². The summed E-state index contributed by atoms with van der Waals surface area (Å²) in [5.41, 5.74) is 4.40. The molecule has 130 valence electrons. The molecule has 1 N–H and O–H groups in total. The summed E-state index contributed by atoms with van der Waals surface area (Å²) >= 11 is 1.59. The SMILES string of the molecule is CCCN(C[C@@H](O)c1cccnc1)C(=O)Cc1ccc2scnc2c1. The van der Waals surface area contributed by atoms with Gasteiger partial charge < -0.3 is 10.0 Å². The standard InChI is InChI=1S/C19H21N3O2S/c1-2-8-22(12-17(23)15-4-3-7-20-11-15)19(24)10-14-5-6-18-16(9-14)21-13-25-18/h3-7,9,11,13,17,23H,2,8,10,12H2,1H3/t17-/m1/s1. The topological polar surface area (TPSA) is 66.3 Å². The number of carbonyl (C=O) groups is 1. The normalized spacial score (nSPS) is 12.2. The van der Waals surface area contributed by atoms with E-state index in [1.807, 2.05) is 36.7 Å². The van der Waals surface area contributed by atoms with Gasteiger partial charge in [-0.05, 0) is 30.2 Å². The van der Waals surface area contributed by atoms with Gasteiger partial charge in [0.05, 0.1) is 34.8 Å². The Morgan fingerprint density at radius 2 is 2.24 bits per heavy atom. The fourth-order valence-electron chi connectivity index (χ4n) is 2.77. The van der Waals surface area contributed by atoms with Gasteiger partial charge in [0.1, 0.15) is 0 Å². The van der Waals surface area contributed by atoms with Crippen molar-refractivity contribution in [3.8, 4) is 0 Å². The summed E-state index contributed by atoms with van der Waals surface area (Å²) < 4.78 is 1.12. The minimum Gasteiger partial charge on any atom is -0.386 e. The number of rotatable bonds is 7. The number of thiazole rings is 1. The third-order valence-electron chi connectivity index (χ3n) is 4.06. The van der Waals surface area contributed by atoms with Gasteiger partial charge in [-0.25, -0.2) is 4.98 Å². The van der Waals surface area contributed by atoms with Crippen molar-refractivity contribution in [1.82, 2.24) is 14.9 Å². The first-order valence-electron chi connectivity index (χ1n) is 8.35. The van der Waals surface area contributed by atoms with Crippen LogP contribution in [0.25, 0.3) is 10.2 Å². The van der Waals surface area contributed by atoms with E-state index in [1.54, 1.807) is 34.7 Å². The van der Waals surface area contributed by atoms with Crippen molar-refractivity contribution in [1.29, 1.82) is 0 Å². The molecule has 25 heavy (non-hydrogen) atoms. The molecule has 1 atom stereocenters. The van der Waals surface area contributed by atoms with E-state index in [2.05, 4.69) is 9.97 Å². The molecule has 0 aliphatic heterocycles. The fourth-order valence-corrected chi connectivity index (χ4v) is 3.43. The molecule has 1 aromatic carbocycles. The lowest BCUT2D eigenvalue weighted by molar-refractivity contribution is -0.132. The Morgan fingerprint density at radius 1 is 1.36 bits per heavy atom. The van der Waals surface area contributed by atoms with E-state index in [1.165, 1.54) is 0 Å². The molecule has 6 heteroatoms. The van der Waals surface area contributed by atoms with Crippen molar-refractivity contribution in [2.45, 2.75) is 25.9 Å². The van der Waals surface area contributed by atoms with Gasteiger partial charge in [0.2, 0.25) is 5.91 Å². The van der Waals surface area contributed by atoms with Crippen LogP contribution in [0, 0.1) is 0 Å². The molecular formula is C19H21N3O2S. The number of fused-ring (bicyclic) bond motifs is 1. The van der Waals surface area contributed by atoms with Gasteiger partial charge in [0.25, 0.3) is 0 Å². The van der Waals surface area contributed by atoms with Gasteiger partial charge in [0.15, 0.2) is 0 Å². The highest BCUT2D eigenvalue weighted by atomic mass is 32.1. The van der Waals surface area contributed by atoms with E-state index in [4.69, 9.17) is 0 Å². The highest BCUT2D eigenvalue weighted by Crippen LogP contribution is 2.20. The van der Waals surface area contributed by atoms with Gasteiger partial charge >= 0.3 is 0 Å². The highest BCUT2D eigenvalue weighted by molar-refractivity contribution is 7.16. The number of hydrogen-bond donors (Lipinski definition) is 1. The molecule has 3 rings (SSSR count). The molecular weight excluding hydrogens is 334 g/mol. The van der Waals surface area contributed by atoms with Crippen molar-refractivity contribution in [2.24, 2.45) is 0 Å². The molecule has 0 spiro atoms. The lowest BCUT2D eigenvalue weighted by Gasteiger charge is -2.25. The van der Waals surface area contributed by atoms with E-state index in [0.29, 0.717) is 13.0 Å². The third kappa shape index (κ3) is 4.41. The Hall–Kier alpha value is -2.31. The van der Waals surface area contributed by atoms with Crippen molar-refractivity contribution in [3.63, 3.8) is 0 Å². The van der Waals surface area contributed by atoms with Crippen molar-refractivity contribution < 1.29 is 9.90 Å². The van der Waals surface area contributed by atoms with Gasteiger partial charge in [-0.1, -0.05) is 19.1 Å². The number of carbonyl (C=O) groups excluding carboxylic acids is 1. The number of aliphatic hydroxyl groups excluding tert-OH is 1. The summed E-state index contributed by atoms with van der Waals surface area (Å²) in [6.07, 6.45) is 3.73. The summed E-state index contributed by atoms with van der Waals surface area (Å²) in [5, 5.41) is 10.4. The number of hydrogen-bond acceptors (Lipinski definition) is 5. The summed E-state index contributed by atoms with van der Waals surface area (Å²) in [7, 11) is 0. The first-order chi connectivity index (χ1) is 12.2. The van der Waals surface area contributed by atoms with Crippen LogP contribution in [0.1, 0.15) is 30.6 Å². The van der Waals surface area contributed by atoms with E-state index >= 15 is 0 Å². The average Bonchev–Trinajstić information content (AvgIpc) is 3.09. The summed E-state index contributed by atoms with van der Waals surface area (Å²) in [5.74, 6) is 0.0133. The summed E-state index contributed by atoms with van der Waals surface area (Å²) in [6.45, 7) is 2.92. The van der Waals surface area contributed by atoms with Gasteiger partial charge in [-0.2, -0.15) is 0 Å². The lowest BCUT2D eigenvalue weighted by Crippen LogP contribution is -2.36. The zero-order chi connectivity index (χ0) is 17.6. The Labute approximate surface area is 151 Å². The number of pyridine rings is 1. The predicted molar refractivity (Wildman–Crippen MR) is 99.4 cm³/mol. The molecule has 0 bridgehead atoms. The molecule has 0 saturated carbocycles. The van der Waals surface area contributed by atoms with Crippen molar-refractivity contribution in [2.75, 3.05) is 13.1 Å². The minimum atomic E-state index is -0.731. The van der Waals surface area contributed by atoms with Crippen molar-refractivity contribution >= 4 is 27.5 Å². The number of benzene rings is 1. The second-order valence-electron chi connectivity index (χ2n) is 5.97. The maximum Gasteiger partial charge on any atom is 0.227 e. The number of aliphatic hydroxyl groups is 1. The Kier molecular flexibility index (Phi) is 5.73. The van der Waals surface area contributed by atoms with Gasteiger partial charge in [0, 0.05) is 24.5 Å². The predicted octanol–water partition coefficient (Wildman–Crippen LogP) is 3.21. The Bertz CT molecular complexity index is 835. The Morgan fingerprint density at radius 3 is 3.00 bits per heavy atom. The maximum absolute atomic E-state index is 12.7. The lowest BCUT2D eigenvalue weighted by atomic mass is 10.1. The third-order valence-corrected chi connectivity index (χ3v) is 4.87. The average molecular weight is 355 g/mol. The molecule has 2 aromatic heterocycles. The van der Waals surface area contributed by atoms with E-state index in [-0.39, 0.29) is 12.5 Å². The zero-order valence-corrected chi connectivity index (χ0v) is 14.9. The first-order valence-corrected chi connectivity index (χ1v) is 9.23. The summed E-state index contributed by atoms with van der Waals surface area (Å²) in [4.78, 5) is 22.8. The molecule has 0 aliphatic carbocycles. The van der Waals surface area contributed by atoms with E-state index in [0.717, 1.165) is 27.8 Å². The highest BCUT2D eigenvalue weighted by Gasteiger charge is 2.18. The molecule has 1 amide bonds. The number of aromatic nitrogens is 2. The molecule has 0 radical (unpaired) electrons.